The lowest BCUT2D eigenvalue weighted by molar-refractivity contribution is 0.544. The predicted molar refractivity (Wildman–Crippen MR) is 61.2 cm³/mol. The second-order valence-electron chi connectivity index (χ2n) is 3.15. The maximum absolute atomic E-state index is 6.08. The highest BCUT2D eigenvalue weighted by Crippen LogP contribution is 2.30. The smallest absolute Gasteiger partial charge is 0.295 e. The average molecular weight is 223 g/mol. The summed E-state index contributed by atoms with van der Waals surface area (Å²) in [6.07, 6.45) is 0. The molecule has 3 nitrogen and oxygen atoms in total. The quantitative estimate of drug-likeness (QED) is 0.847. The van der Waals surface area contributed by atoms with Crippen LogP contribution < -0.4 is 5.32 Å². The lowest BCUT2D eigenvalue weighted by Crippen LogP contribution is -1.87. The Bertz CT molecular complexity index is 479. The van der Waals surface area contributed by atoms with Crippen LogP contribution in [0.4, 0.5) is 6.01 Å². The molecular formula is C11H11ClN2O. The van der Waals surface area contributed by atoms with Crippen LogP contribution in [0, 0.1) is 6.92 Å². The van der Waals surface area contributed by atoms with Gasteiger partial charge < -0.3 is 9.73 Å². The average Bonchev–Trinajstić information content (AvgIpc) is 2.60. The van der Waals surface area contributed by atoms with Crippen molar-refractivity contribution in [2.75, 3.05) is 12.4 Å². The highest BCUT2D eigenvalue weighted by atomic mass is 35.5. The Hall–Kier alpha value is -1.48. The summed E-state index contributed by atoms with van der Waals surface area (Å²) in [5, 5.41) is 3.53. The summed E-state index contributed by atoms with van der Waals surface area (Å²) in [5.41, 5.74) is 1.67. The fourth-order valence-electron chi connectivity index (χ4n) is 1.41. The van der Waals surface area contributed by atoms with Crippen LogP contribution >= 0.6 is 11.6 Å². The Balaban J connectivity index is 2.54. The van der Waals surface area contributed by atoms with Gasteiger partial charge >= 0.3 is 0 Å². The van der Waals surface area contributed by atoms with Crippen LogP contribution in [0.2, 0.25) is 5.02 Å². The third-order valence-electron chi connectivity index (χ3n) is 2.14. The van der Waals surface area contributed by atoms with E-state index in [0.29, 0.717) is 11.0 Å². The summed E-state index contributed by atoms with van der Waals surface area (Å²) in [6.45, 7) is 1.87. The van der Waals surface area contributed by atoms with Gasteiger partial charge in [0.15, 0.2) is 0 Å². The van der Waals surface area contributed by atoms with Crippen molar-refractivity contribution in [3.8, 4) is 11.3 Å². The molecule has 0 unspecified atom stereocenters. The van der Waals surface area contributed by atoms with Crippen LogP contribution in [-0.2, 0) is 0 Å². The summed E-state index contributed by atoms with van der Waals surface area (Å²) >= 11 is 6.08. The molecule has 1 N–H and O–H groups in total. The predicted octanol–water partition coefficient (Wildman–Crippen LogP) is 3.35. The summed E-state index contributed by atoms with van der Waals surface area (Å²) in [5.74, 6) is 0.757. The standard InChI is InChI=1S/C11H11ClN2O/c1-7-10(14-11(13-2)15-7)8-5-3-4-6-9(8)12/h3-6H,1-2H3,(H,13,14). The molecule has 0 fully saturated rings. The van der Waals surface area contributed by atoms with Crippen LogP contribution in [0.1, 0.15) is 5.76 Å². The van der Waals surface area contributed by atoms with Crippen molar-refractivity contribution < 1.29 is 4.42 Å². The van der Waals surface area contributed by atoms with Gasteiger partial charge in [0.1, 0.15) is 11.5 Å². The molecule has 0 aliphatic heterocycles. The molecule has 0 aliphatic carbocycles. The van der Waals surface area contributed by atoms with E-state index in [2.05, 4.69) is 10.3 Å². The monoisotopic (exact) mass is 222 g/mol. The van der Waals surface area contributed by atoms with E-state index in [1.165, 1.54) is 0 Å². The van der Waals surface area contributed by atoms with Gasteiger partial charge in [-0.1, -0.05) is 29.8 Å². The second-order valence-corrected chi connectivity index (χ2v) is 3.56. The van der Waals surface area contributed by atoms with Gasteiger partial charge in [0.25, 0.3) is 6.01 Å². The SMILES string of the molecule is CNc1nc(-c2ccccc2Cl)c(C)o1. The first kappa shape index (κ1) is 10.1. The van der Waals surface area contributed by atoms with Crippen molar-refractivity contribution in [3.05, 3.63) is 35.0 Å². The molecule has 1 heterocycles. The van der Waals surface area contributed by atoms with Crippen LogP contribution in [0.3, 0.4) is 0 Å². The summed E-state index contributed by atoms with van der Waals surface area (Å²) < 4.78 is 5.39. The number of nitrogens with zero attached hydrogens (tertiary/aromatic N) is 1. The Morgan fingerprint density at radius 1 is 1.33 bits per heavy atom. The van der Waals surface area contributed by atoms with Crippen molar-refractivity contribution in [2.24, 2.45) is 0 Å². The van der Waals surface area contributed by atoms with E-state index in [4.69, 9.17) is 16.0 Å². The zero-order chi connectivity index (χ0) is 10.8. The molecule has 0 spiro atoms. The number of hydrogen-bond acceptors (Lipinski definition) is 3. The maximum Gasteiger partial charge on any atom is 0.295 e. The zero-order valence-corrected chi connectivity index (χ0v) is 9.30. The van der Waals surface area contributed by atoms with Crippen molar-refractivity contribution in [3.63, 3.8) is 0 Å². The van der Waals surface area contributed by atoms with Gasteiger partial charge in [-0.3, -0.25) is 0 Å². The Kier molecular flexibility index (Phi) is 2.64. The maximum atomic E-state index is 6.08. The Labute approximate surface area is 93.1 Å². The molecule has 4 heteroatoms. The number of anilines is 1. The largest absolute Gasteiger partial charge is 0.428 e. The van der Waals surface area contributed by atoms with E-state index in [0.717, 1.165) is 17.0 Å². The van der Waals surface area contributed by atoms with E-state index in [1.807, 2.05) is 31.2 Å². The lowest BCUT2D eigenvalue weighted by Gasteiger charge is -1.99. The number of hydrogen-bond donors (Lipinski definition) is 1. The molecule has 0 saturated heterocycles. The normalized spacial score (nSPS) is 10.3. The Morgan fingerprint density at radius 3 is 2.67 bits per heavy atom. The summed E-state index contributed by atoms with van der Waals surface area (Å²) in [6, 6.07) is 8.08. The van der Waals surface area contributed by atoms with Gasteiger partial charge in [0.05, 0.1) is 5.02 Å². The minimum atomic E-state index is 0.502. The molecule has 15 heavy (non-hydrogen) atoms. The third-order valence-corrected chi connectivity index (χ3v) is 2.47. The minimum Gasteiger partial charge on any atom is -0.428 e. The van der Waals surface area contributed by atoms with Crippen molar-refractivity contribution in [2.45, 2.75) is 6.92 Å². The van der Waals surface area contributed by atoms with E-state index < -0.39 is 0 Å². The van der Waals surface area contributed by atoms with Gasteiger partial charge in [-0.2, -0.15) is 4.98 Å². The van der Waals surface area contributed by atoms with Gasteiger partial charge in [0.2, 0.25) is 0 Å². The topological polar surface area (TPSA) is 38.1 Å². The molecule has 1 aromatic carbocycles. The Morgan fingerprint density at radius 2 is 2.07 bits per heavy atom. The van der Waals surface area contributed by atoms with Crippen LogP contribution in [0.15, 0.2) is 28.7 Å². The van der Waals surface area contributed by atoms with Gasteiger partial charge in [0, 0.05) is 12.6 Å². The molecule has 0 atom stereocenters. The summed E-state index contributed by atoms with van der Waals surface area (Å²) in [7, 11) is 1.77. The van der Waals surface area contributed by atoms with E-state index in [1.54, 1.807) is 7.05 Å². The number of oxazole rings is 1. The van der Waals surface area contributed by atoms with Gasteiger partial charge in [-0.25, -0.2) is 0 Å². The van der Waals surface area contributed by atoms with Crippen molar-refractivity contribution in [1.29, 1.82) is 0 Å². The highest BCUT2D eigenvalue weighted by molar-refractivity contribution is 6.33. The number of aryl methyl sites for hydroxylation is 1. The lowest BCUT2D eigenvalue weighted by atomic mass is 10.1. The fourth-order valence-corrected chi connectivity index (χ4v) is 1.63. The number of aromatic nitrogens is 1. The van der Waals surface area contributed by atoms with Crippen molar-refractivity contribution in [1.82, 2.24) is 4.98 Å². The minimum absolute atomic E-state index is 0.502. The first-order valence-electron chi connectivity index (χ1n) is 4.62. The zero-order valence-electron chi connectivity index (χ0n) is 8.54. The third kappa shape index (κ3) is 1.83. The van der Waals surface area contributed by atoms with E-state index in [-0.39, 0.29) is 0 Å². The van der Waals surface area contributed by atoms with E-state index >= 15 is 0 Å². The molecule has 78 valence electrons. The highest BCUT2D eigenvalue weighted by Gasteiger charge is 2.12. The van der Waals surface area contributed by atoms with Crippen LogP contribution in [-0.4, -0.2) is 12.0 Å². The molecule has 2 rings (SSSR count). The number of halogens is 1. The van der Waals surface area contributed by atoms with Crippen molar-refractivity contribution >= 4 is 17.6 Å². The molecule has 0 aliphatic rings. The number of rotatable bonds is 2. The van der Waals surface area contributed by atoms with Gasteiger partial charge in [-0.05, 0) is 13.0 Å². The number of benzene rings is 1. The summed E-state index contributed by atoms with van der Waals surface area (Å²) in [4.78, 5) is 4.30. The molecule has 0 radical (unpaired) electrons. The first-order chi connectivity index (χ1) is 7.22. The second kappa shape index (κ2) is 3.95. The molecule has 0 saturated carbocycles. The number of nitrogens with one attached hydrogen (secondary N) is 1. The first-order valence-corrected chi connectivity index (χ1v) is 5.00. The van der Waals surface area contributed by atoms with E-state index in [9.17, 15) is 0 Å². The molecule has 2 aromatic rings. The molecule has 0 bridgehead atoms. The molecular weight excluding hydrogens is 212 g/mol. The fraction of sp³-hybridized carbons (Fsp3) is 0.182. The van der Waals surface area contributed by atoms with Crippen LogP contribution in [0.25, 0.3) is 11.3 Å². The molecule has 1 aromatic heterocycles. The van der Waals surface area contributed by atoms with Gasteiger partial charge in [-0.15, -0.1) is 0 Å². The molecule has 0 amide bonds. The van der Waals surface area contributed by atoms with Crippen LogP contribution in [0.5, 0.6) is 0 Å².